The molecule has 0 heterocycles. The minimum atomic E-state index is -5.23. The Morgan fingerprint density at radius 3 is 2.35 bits per heavy atom. The van der Waals surface area contributed by atoms with Crippen molar-refractivity contribution in [3.05, 3.63) is 64.7 Å². The fourth-order valence-electron chi connectivity index (χ4n) is 2.22. The second-order valence-electron chi connectivity index (χ2n) is 5.37. The van der Waals surface area contributed by atoms with Crippen LogP contribution in [0.3, 0.4) is 0 Å². The van der Waals surface area contributed by atoms with Gasteiger partial charge in [0.2, 0.25) is 0 Å². The van der Waals surface area contributed by atoms with Crippen LogP contribution in [0, 0.1) is 0 Å². The fraction of sp³-hybridized carbons (Fsp3) is 0.278. The molecule has 0 saturated carbocycles. The lowest BCUT2D eigenvalue weighted by Crippen LogP contribution is -2.50. The van der Waals surface area contributed by atoms with Gasteiger partial charge in [-0.3, -0.25) is 0 Å². The fourth-order valence-corrected chi connectivity index (χ4v) is 2.43. The monoisotopic (exact) mass is 388 g/mol. The van der Waals surface area contributed by atoms with Crippen molar-refractivity contribution in [3.63, 3.8) is 0 Å². The summed E-state index contributed by atoms with van der Waals surface area (Å²) in [6.45, 7) is 1.21. The van der Waals surface area contributed by atoms with Crippen molar-refractivity contribution in [3.8, 4) is 5.75 Å². The maximum absolute atomic E-state index is 13.3. The molecule has 0 spiro atoms. The number of aliphatic hydroxyl groups is 1. The number of carbonyl (C=O) groups excluding carboxylic acids is 1. The minimum Gasteiger partial charge on any atom is -0.489 e. The van der Waals surface area contributed by atoms with Crippen molar-refractivity contribution in [2.24, 2.45) is 0 Å². The first-order chi connectivity index (χ1) is 12.2. The van der Waals surface area contributed by atoms with Gasteiger partial charge >= 0.3 is 12.1 Å². The molecule has 0 unspecified atom stereocenters. The summed E-state index contributed by atoms with van der Waals surface area (Å²) in [5.41, 5.74) is -3.62. The van der Waals surface area contributed by atoms with Crippen LogP contribution < -0.4 is 4.74 Å². The number of carbonyl (C=O) groups is 1. The topological polar surface area (TPSA) is 55.8 Å². The van der Waals surface area contributed by atoms with Crippen molar-refractivity contribution < 1.29 is 32.5 Å². The molecule has 0 aliphatic heterocycles. The number of alkyl halides is 3. The van der Waals surface area contributed by atoms with Gasteiger partial charge in [0.05, 0.1) is 6.61 Å². The van der Waals surface area contributed by atoms with Gasteiger partial charge in [-0.25, -0.2) is 4.79 Å². The molecule has 1 N–H and O–H groups in total. The second-order valence-corrected chi connectivity index (χ2v) is 5.81. The second kappa shape index (κ2) is 7.97. The molecule has 4 nitrogen and oxygen atoms in total. The van der Waals surface area contributed by atoms with Gasteiger partial charge in [0, 0.05) is 10.6 Å². The summed E-state index contributed by atoms with van der Waals surface area (Å²) in [4.78, 5) is 11.7. The zero-order valence-electron chi connectivity index (χ0n) is 13.7. The summed E-state index contributed by atoms with van der Waals surface area (Å²) in [6.07, 6.45) is -5.23. The van der Waals surface area contributed by atoms with Crippen molar-refractivity contribution in [2.75, 3.05) is 6.61 Å². The van der Waals surface area contributed by atoms with E-state index in [-0.39, 0.29) is 19.0 Å². The van der Waals surface area contributed by atoms with Crippen LogP contribution in [0.1, 0.15) is 18.1 Å². The maximum atomic E-state index is 13.3. The summed E-state index contributed by atoms with van der Waals surface area (Å²) in [5, 5.41) is 10.5. The Hall–Kier alpha value is -2.25. The number of ether oxygens (including phenoxy) is 2. The molecule has 1 atom stereocenters. The van der Waals surface area contributed by atoms with Crippen LogP contribution in [0.4, 0.5) is 13.2 Å². The van der Waals surface area contributed by atoms with Gasteiger partial charge in [0.25, 0.3) is 5.60 Å². The molecule has 0 bridgehead atoms. The third-order valence-corrected chi connectivity index (χ3v) is 3.78. The van der Waals surface area contributed by atoms with Gasteiger partial charge < -0.3 is 14.6 Å². The van der Waals surface area contributed by atoms with Gasteiger partial charge in [0.15, 0.2) is 0 Å². The summed E-state index contributed by atoms with van der Waals surface area (Å²) in [6, 6.07) is 11.3. The van der Waals surface area contributed by atoms with E-state index < -0.39 is 23.3 Å². The zero-order valence-corrected chi connectivity index (χ0v) is 14.5. The van der Waals surface area contributed by atoms with Crippen molar-refractivity contribution >= 4 is 17.6 Å². The van der Waals surface area contributed by atoms with Crippen LogP contribution in [0.2, 0.25) is 5.02 Å². The van der Waals surface area contributed by atoms with E-state index >= 15 is 0 Å². The molecule has 2 aromatic carbocycles. The number of hydrogen-bond acceptors (Lipinski definition) is 4. The minimum absolute atomic E-state index is 0.154. The third-order valence-electron chi connectivity index (χ3n) is 3.55. The van der Waals surface area contributed by atoms with E-state index in [0.717, 1.165) is 17.7 Å². The van der Waals surface area contributed by atoms with Gasteiger partial charge in [-0.1, -0.05) is 35.9 Å². The highest BCUT2D eigenvalue weighted by Gasteiger charge is 2.62. The highest BCUT2D eigenvalue weighted by Crippen LogP contribution is 2.40. The number of hydrogen-bond donors (Lipinski definition) is 1. The molecule has 140 valence electrons. The molecule has 2 rings (SSSR count). The maximum Gasteiger partial charge on any atom is 0.432 e. The van der Waals surface area contributed by atoms with E-state index in [1.165, 1.54) is 19.1 Å². The third kappa shape index (κ3) is 4.28. The standard InChI is InChI=1S/C18H16ClF3O4/c1-2-25-16(23)17(24,18(20,21)22)13-6-8-15(9-7-13)26-11-12-4-3-5-14(19)10-12/h3-10,24H,2,11H2,1H3/t17-/m0/s1. The van der Waals surface area contributed by atoms with Crippen LogP contribution in [0.25, 0.3) is 0 Å². The summed E-state index contributed by atoms with van der Waals surface area (Å²) < 4.78 is 49.7. The van der Waals surface area contributed by atoms with Crippen LogP contribution >= 0.6 is 11.6 Å². The number of esters is 1. The smallest absolute Gasteiger partial charge is 0.432 e. The average molecular weight is 389 g/mol. The molecule has 0 fully saturated rings. The van der Waals surface area contributed by atoms with E-state index in [0.29, 0.717) is 5.02 Å². The first-order valence-corrected chi connectivity index (χ1v) is 8.00. The molecule has 0 aliphatic carbocycles. The first kappa shape index (κ1) is 20.1. The van der Waals surface area contributed by atoms with Gasteiger partial charge in [-0.15, -0.1) is 0 Å². The summed E-state index contributed by atoms with van der Waals surface area (Å²) in [5.74, 6) is -1.51. The highest BCUT2D eigenvalue weighted by molar-refractivity contribution is 6.30. The van der Waals surface area contributed by atoms with E-state index in [1.54, 1.807) is 24.3 Å². The largest absolute Gasteiger partial charge is 0.489 e. The highest BCUT2D eigenvalue weighted by atomic mass is 35.5. The van der Waals surface area contributed by atoms with Crippen molar-refractivity contribution in [1.29, 1.82) is 0 Å². The normalized spacial score (nSPS) is 13.8. The SMILES string of the molecule is CCOC(=O)[C@@](O)(c1ccc(OCc2cccc(Cl)c2)cc1)C(F)(F)F. The molecular weight excluding hydrogens is 373 g/mol. The van der Waals surface area contributed by atoms with Gasteiger partial charge in [0.1, 0.15) is 12.4 Å². The molecule has 8 heteroatoms. The molecule has 0 amide bonds. The molecule has 0 saturated heterocycles. The Labute approximate surface area is 153 Å². The van der Waals surface area contributed by atoms with Crippen LogP contribution in [-0.2, 0) is 21.7 Å². The summed E-state index contributed by atoms with van der Waals surface area (Å²) in [7, 11) is 0. The zero-order chi connectivity index (χ0) is 19.4. The van der Waals surface area contributed by atoms with E-state index in [1.807, 2.05) is 0 Å². The lowest BCUT2D eigenvalue weighted by molar-refractivity contribution is -0.267. The first-order valence-electron chi connectivity index (χ1n) is 7.62. The molecule has 26 heavy (non-hydrogen) atoms. The quantitative estimate of drug-likeness (QED) is 0.752. The van der Waals surface area contributed by atoms with E-state index in [2.05, 4.69) is 4.74 Å². The van der Waals surface area contributed by atoms with Gasteiger partial charge in [-0.2, -0.15) is 13.2 Å². The molecule has 0 aromatic heterocycles. The van der Waals surface area contributed by atoms with Crippen molar-refractivity contribution in [2.45, 2.75) is 25.3 Å². The molecular formula is C18H16ClF3O4. The molecule has 0 aliphatic rings. The van der Waals surface area contributed by atoms with E-state index in [9.17, 15) is 23.1 Å². The van der Waals surface area contributed by atoms with Crippen LogP contribution in [0.15, 0.2) is 48.5 Å². The lowest BCUT2D eigenvalue weighted by atomic mass is 9.93. The van der Waals surface area contributed by atoms with Crippen molar-refractivity contribution in [1.82, 2.24) is 0 Å². The lowest BCUT2D eigenvalue weighted by Gasteiger charge is -2.28. The number of benzene rings is 2. The average Bonchev–Trinajstić information content (AvgIpc) is 2.59. The number of halogens is 4. The molecule has 0 radical (unpaired) electrons. The Balaban J connectivity index is 2.19. The Bertz CT molecular complexity index is 762. The Kier molecular flexibility index (Phi) is 6.15. The summed E-state index contributed by atoms with van der Waals surface area (Å²) >= 11 is 5.86. The van der Waals surface area contributed by atoms with E-state index in [4.69, 9.17) is 16.3 Å². The Morgan fingerprint density at radius 1 is 1.15 bits per heavy atom. The predicted octanol–water partition coefficient (Wildman–Crippen LogP) is 4.23. The van der Waals surface area contributed by atoms with Crippen LogP contribution in [-0.4, -0.2) is 23.9 Å². The number of rotatable bonds is 6. The predicted molar refractivity (Wildman–Crippen MR) is 88.8 cm³/mol. The molecule has 2 aromatic rings. The Morgan fingerprint density at radius 2 is 1.81 bits per heavy atom. The van der Waals surface area contributed by atoms with Crippen LogP contribution in [0.5, 0.6) is 5.75 Å². The van der Waals surface area contributed by atoms with Gasteiger partial charge in [-0.05, 0) is 36.8 Å².